The second-order valence-electron chi connectivity index (χ2n) is 2.57. The van der Waals surface area contributed by atoms with Crippen LogP contribution >= 0.6 is 11.8 Å². The third kappa shape index (κ3) is 3.74. The van der Waals surface area contributed by atoms with Crippen LogP contribution in [0.25, 0.3) is 0 Å². The summed E-state index contributed by atoms with van der Waals surface area (Å²) in [5, 5.41) is 0.609. The van der Waals surface area contributed by atoms with E-state index in [-0.39, 0.29) is 11.7 Å². The van der Waals surface area contributed by atoms with Gasteiger partial charge in [-0.1, -0.05) is 11.8 Å². The van der Waals surface area contributed by atoms with Gasteiger partial charge in [-0.25, -0.2) is 9.97 Å². The first kappa shape index (κ1) is 11.0. The van der Waals surface area contributed by atoms with Gasteiger partial charge in [0.15, 0.2) is 5.16 Å². The molecule has 4 nitrogen and oxygen atoms in total. The fraction of sp³-hybridized carbons (Fsp3) is 0.444. The zero-order valence-electron chi connectivity index (χ0n) is 8.19. The summed E-state index contributed by atoms with van der Waals surface area (Å²) in [6.07, 6.45) is 1.68. The van der Waals surface area contributed by atoms with Gasteiger partial charge < -0.3 is 4.74 Å². The van der Waals surface area contributed by atoms with Crippen LogP contribution in [0.5, 0.6) is 0 Å². The van der Waals surface area contributed by atoms with Gasteiger partial charge in [-0.2, -0.15) is 0 Å². The van der Waals surface area contributed by atoms with E-state index >= 15 is 0 Å². The van der Waals surface area contributed by atoms with E-state index < -0.39 is 0 Å². The van der Waals surface area contributed by atoms with Crippen molar-refractivity contribution in [2.75, 3.05) is 12.4 Å². The van der Waals surface area contributed by atoms with Crippen LogP contribution in [0.2, 0.25) is 0 Å². The normalized spacial score (nSPS) is 9.86. The van der Waals surface area contributed by atoms with E-state index in [0.29, 0.717) is 11.8 Å². The standard InChI is InChI=1S/C9H12N2O2S/c1-3-13-8(12)6-14-9-10-5-4-7(2)11-9/h4-5H,3,6H2,1-2H3. The molecule has 0 aliphatic rings. The van der Waals surface area contributed by atoms with Gasteiger partial charge in [0.1, 0.15) is 0 Å². The van der Waals surface area contributed by atoms with E-state index in [1.54, 1.807) is 13.1 Å². The summed E-state index contributed by atoms with van der Waals surface area (Å²) in [5.41, 5.74) is 0.895. The highest BCUT2D eigenvalue weighted by atomic mass is 32.2. The minimum atomic E-state index is -0.234. The third-order valence-corrected chi connectivity index (χ3v) is 2.23. The number of thioether (sulfide) groups is 1. The molecule has 1 heterocycles. The van der Waals surface area contributed by atoms with Crippen molar-refractivity contribution in [1.82, 2.24) is 9.97 Å². The molecule has 0 amide bonds. The summed E-state index contributed by atoms with van der Waals surface area (Å²) < 4.78 is 4.78. The fourth-order valence-electron chi connectivity index (χ4n) is 0.822. The van der Waals surface area contributed by atoms with E-state index in [1.807, 2.05) is 13.0 Å². The molecule has 1 aromatic rings. The Hall–Kier alpha value is -1.10. The quantitative estimate of drug-likeness (QED) is 0.429. The summed E-state index contributed by atoms with van der Waals surface area (Å²) in [4.78, 5) is 19.2. The molecule has 0 spiro atoms. The van der Waals surface area contributed by atoms with Crippen LogP contribution in [0.15, 0.2) is 17.4 Å². The van der Waals surface area contributed by atoms with Crippen molar-refractivity contribution in [1.29, 1.82) is 0 Å². The number of rotatable bonds is 4. The van der Waals surface area contributed by atoms with Crippen LogP contribution in [0.3, 0.4) is 0 Å². The molecule has 1 rings (SSSR count). The van der Waals surface area contributed by atoms with Crippen molar-refractivity contribution in [2.45, 2.75) is 19.0 Å². The van der Waals surface area contributed by atoms with Crippen LogP contribution < -0.4 is 0 Å². The topological polar surface area (TPSA) is 52.1 Å². The molecule has 0 bridgehead atoms. The predicted octanol–water partition coefficient (Wildman–Crippen LogP) is 1.44. The molecule has 1 aromatic heterocycles. The minimum Gasteiger partial charge on any atom is -0.465 e. The maximum atomic E-state index is 11.0. The van der Waals surface area contributed by atoms with Crippen molar-refractivity contribution in [3.8, 4) is 0 Å². The first-order valence-electron chi connectivity index (χ1n) is 4.30. The highest BCUT2D eigenvalue weighted by molar-refractivity contribution is 7.99. The predicted molar refractivity (Wildman–Crippen MR) is 54.1 cm³/mol. The van der Waals surface area contributed by atoms with Crippen molar-refractivity contribution >= 4 is 17.7 Å². The highest BCUT2D eigenvalue weighted by Gasteiger charge is 2.04. The number of carbonyl (C=O) groups excluding carboxylic acids is 1. The lowest BCUT2D eigenvalue weighted by atomic mass is 10.5. The van der Waals surface area contributed by atoms with E-state index in [0.717, 1.165) is 5.69 Å². The van der Waals surface area contributed by atoms with Gasteiger partial charge in [-0.3, -0.25) is 4.79 Å². The molecule has 0 unspecified atom stereocenters. The smallest absolute Gasteiger partial charge is 0.316 e. The van der Waals surface area contributed by atoms with Gasteiger partial charge in [0.05, 0.1) is 12.4 Å². The molecule has 0 aliphatic heterocycles. The Morgan fingerprint density at radius 2 is 2.43 bits per heavy atom. The molecule has 0 N–H and O–H groups in total. The molecule has 76 valence electrons. The molecule has 0 fully saturated rings. The SMILES string of the molecule is CCOC(=O)CSc1nccc(C)n1. The summed E-state index contributed by atoms with van der Waals surface area (Å²) in [6, 6.07) is 1.81. The van der Waals surface area contributed by atoms with Crippen molar-refractivity contribution in [3.05, 3.63) is 18.0 Å². The molecule has 0 aliphatic carbocycles. The lowest BCUT2D eigenvalue weighted by Crippen LogP contribution is -2.07. The average molecular weight is 212 g/mol. The summed E-state index contributed by atoms with van der Waals surface area (Å²) >= 11 is 1.29. The molecule has 0 aromatic carbocycles. The second-order valence-corrected chi connectivity index (χ2v) is 3.52. The third-order valence-electron chi connectivity index (χ3n) is 1.40. The Balaban J connectivity index is 2.41. The Morgan fingerprint density at radius 3 is 3.07 bits per heavy atom. The minimum absolute atomic E-state index is 0.234. The largest absolute Gasteiger partial charge is 0.465 e. The number of aromatic nitrogens is 2. The lowest BCUT2D eigenvalue weighted by molar-refractivity contribution is -0.139. The number of carbonyl (C=O) groups is 1. The van der Waals surface area contributed by atoms with E-state index in [2.05, 4.69) is 9.97 Å². The first-order valence-corrected chi connectivity index (χ1v) is 5.29. The van der Waals surface area contributed by atoms with Crippen LogP contribution in [0.1, 0.15) is 12.6 Å². The Bertz CT molecular complexity index is 317. The van der Waals surface area contributed by atoms with Gasteiger partial charge in [-0.05, 0) is 19.9 Å². The Labute approximate surface area is 87.1 Å². The zero-order valence-corrected chi connectivity index (χ0v) is 9.00. The number of ether oxygens (including phenoxy) is 1. The summed E-state index contributed by atoms with van der Waals surface area (Å²) in [6.45, 7) is 4.08. The van der Waals surface area contributed by atoms with Crippen molar-refractivity contribution < 1.29 is 9.53 Å². The average Bonchev–Trinajstić information content (AvgIpc) is 2.15. The van der Waals surface area contributed by atoms with Gasteiger partial charge in [-0.15, -0.1) is 0 Å². The number of hydrogen-bond acceptors (Lipinski definition) is 5. The van der Waals surface area contributed by atoms with E-state index in [1.165, 1.54) is 11.8 Å². The van der Waals surface area contributed by atoms with Crippen molar-refractivity contribution in [2.24, 2.45) is 0 Å². The molecule has 5 heteroatoms. The second kappa shape index (κ2) is 5.59. The number of hydrogen-bond donors (Lipinski definition) is 0. The van der Waals surface area contributed by atoms with Gasteiger partial charge in [0.2, 0.25) is 0 Å². The van der Waals surface area contributed by atoms with E-state index in [9.17, 15) is 4.79 Å². The molecule has 0 saturated carbocycles. The van der Waals surface area contributed by atoms with Gasteiger partial charge in [0.25, 0.3) is 0 Å². The van der Waals surface area contributed by atoms with Gasteiger partial charge in [0, 0.05) is 11.9 Å². The molecular formula is C9H12N2O2S. The zero-order chi connectivity index (χ0) is 10.4. The fourth-order valence-corrected chi connectivity index (χ4v) is 1.50. The summed E-state index contributed by atoms with van der Waals surface area (Å²) in [5.74, 6) is 0.0275. The Kier molecular flexibility index (Phi) is 4.39. The summed E-state index contributed by atoms with van der Waals surface area (Å²) in [7, 11) is 0. The van der Waals surface area contributed by atoms with Crippen LogP contribution in [0.4, 0.5) is 0 Å². The first-order chi connectivity index (χ1) is 6.72. The number of esters is 1. The lowest BCUT2D eigenvalue weighted by Gasteiger charge is -2.00. The van der Waals surface area contributed by atoms with E-state index in [4.69, 9.17) is 4.74 Å². The monoisotopic (exact) mass is 212 g/mol. The molecule has 0 saturated heterocycles. The van der Waals surface area contributed by atoms with Gasteiger partial charge >= 0.3 is 5.97 Å². The Morgan fingerprint density at radius 1 is 1.64 bits per heavy atom. The molecule has 0 atom stereocenters. The number of aryl methyl sites for hydroxylation is 1. The van der Waals surface area contributed by atoms with Crippen LogP contribution in [0, 0.1) is 6.92 Å². The maximum absolute atomic E-state index is 11.0. The highest BCUT2D eigenvalue weighted by Crippen LogP contribution is 2.12. The number of nitrogens with zero attached hydrogens (tertiary/aromatic N) is 2. The molecule has 14 heavy (non-hydrogen) atoms. The van der Waals surface area contributed by atoms with Crippen LogP contribution in [-0.2, 0) is 9.53 Å². The molecule has 0 radical (unpaired) electrons. The van der Waals surface area contributed by atoms with Crippen molar-refractivity contribution in [3.63, 3.8) is 0 Å². The van der Waals surface area contributed by atoms with Crippen LogP contribution in [-0.4, -0.2) is 28.3 Å². The molecular weight excluding hydrogens is 200 g/mol. The maximum Gasteiger partial charge on any atom is 0.316 e.